The summed E-state index contributed by atoms with van der Waals surface area (Å²) in [5.74, 6) is -1.07. The first-order valence-corrected chi connectivity index (χ1v) is 8.76. The van der Waals surface area contributed by atoms with Gasteiger partial charge in [-0.2, -0.15) is 17.9 Å². The maximum absolute atomic E-state index is 12.6. The summed E-state index contributed by atoms with van der Waals surface area (Å²) in [5, 5.41) is 14.0. The van der Waals surface area contributed by atoms with Crippen LogP contribution >= 0.6 is 0 Å². The van der Waals surface area contributed by atoms with Crippen LogP contribution in [-0.4, -0.2) is 42.5 Å². The van der Waals surface area contributed by atoms with Crippen molar-refractivity contribution in [3.63, 3.8) is 0 Å². The van der Waals surface area contributed by atoms with Gasteiger partial charge >= 0.3 is 5.97 Å². The molecule has 7 nitrogen and oxygen atoms in total. The third-order valence-corrected chi connectivity index (χ3v) is 5.23. The second-order valence-electron chi connectivity index (χ2n) is 5.41. The van der Waals surface area contributed by atoms with E-state index in [1.165, 1.54) is 12.1 Å². The van der Waals surface area contributed by atoms with Gasteiger partial charge in [-0.3, -0.25) is 0 Å². The molecule has 1 N–H and O–H groups in total. The van der Waals surface area contributed by atoms with Crippen molar-refractivity contribution in [2.24, 2.45) is 11.0 Å². The molecule has 0 aliphatic carbocycles. The lowest BCUT2D eigenvalue weighted by Crippen LogP contribution is -2.45. The summed E-state index contributed by atoms with van der Waals surface area (Å²) in [6.45, 7) is 5.35. The number of aliphatic hydroxyl groups is 1. The van der Waals surface area contributed by atoms with E-state index in [0.29, 0.717) is 4.41 Å². The Morgan fingerprint density at radius 2 is 2.00 bits per heavy atom. The highest BCUT2D eigenvalue weighted by molar-refractivity contribution is 7.89. The Labute approximate surface area is 135 Å². The Bertz CT molecular complexity index is 712. The van der Waals surface area contributed by atoms with Crippen LogP contribution in [0.15, 0.2) is 34.3 Å². The molecule has 1 aliphatic heterocycles. The summed E-state index contributed by atoms with van der Waals surface area (Å²) in [4.78, 5) is 11.9. The fourth-order valence-electron chi connectivity index (χ4n) is 2.27. The van der Waals surface area contributed by atoms with Gasteiger partial charge in [0.05, 0.1) is 11.5 Å². The summed E-state index contributed by atoms with van der Waals surface area (Å²) >= 11 is 0. The standard InChI is InChI=1S/C15H20N2O5S/c1-4-22-15(19)14-11(3)9-13(18)17(16-14)23(20,21)12-7-5-10(2)6-8-12/h5-8,11,13,18H,4,9H2,1-3H3/t11-,13?/m1/s1. The molecular formula is C15H20N2O5S. The third-order valence-electron chi connectivity index (χ3n) is 3.54. The molecule has 23 heavy (non-hydrogen) atoms. The Morgan fingerprint density at radius 3 is 2.57 bits per heavy atom. The zero-order valence-electron chi connectivity index (χ0n) is 13.3. The number of benzene rings is 1. The minimum atomic E-state index is -4.04. The van der Waals surface area contributed by atoms with E-state index in [-0.39, 0.29) is 23.6 Å². The Morgan fingerprint density at radius 1 is 1.39 bits per heavy atom. The zero-order valence-corrected chi connectivity index (χ0v) is 14.1. The predicted molar refractivity (Wildman–Crippen MR) is 84.1 cm³/mol. The topological polar surface area (TPSA) is 96.3 Å². The maximum Gasteiger partial charge on any atom is 0.354 e. The fraction of sp³-hybridized carbons (Fsp3) is 0.467. The number of hydrogen-bond acceptors (Lipinski definition) is 6. The number of carbonyl (C=O) groups excluding carboxylic acids is 1. The van der Waals surface area contributed by atoms with Crippen LogP contribution < -0.4 is 0 Å². The number of hydrogen-bond donors (Lipinski definition) is 1. The molecular weight excluding hydrogens is 320 g/mol. The number of carbonyl (C=O) groups is 1. The molecule has 1 aromatic rings. The summed E-state index contributed by atoms with van der Waals surface area (Å²) < 4.78 is 30.8. The first-order chi connectivity index (χ1) is 10.8. The molecule has 0 aromatic heterocycles. The van der Waals surface area contributed by atoms with Crippen LogP contribution in [0.4, 0.5) is 0 Å². The van der Waals surface area contributed by atoms with E-state index in [4.69, 9.17) is 4.74 Å². The normalized spacial score (nSPS) is 21.7. The van der Waals surface area contributed by atoms with Gasteiger partial charge in [0.1, 0.15) is 5.71 Å². The molecule has 1 heterocycles. The minimum absolute atomic E-state index is 0.00339. The highest BCUT2D eigenvalue weighted by Crippen LogP contribution is 2.26. The molecule has 2 rings (SSSR count). The van der Waals surface area contributed by atoms with Crippen molar-refractivity contribution in [2.75, 3.05) is 6.61 Å². The minimum Gasteiger partial charge on any atom is -0.461 e. The van der Waals surface area contributed by atoms with Crippen LogP contribution in [0, 0.1) is 12.8 Å². The molecule has 0 saturated heterocycles. The molecule has 1 aliphatic rings. The van der Waals surface area contributed by atoms with Crippen molar-refractivity contribution in [3.8, 4) is 0 Å². The number of ether oxygens (including phenoxy) is 1. The number of hydrazone groups is 1. The number of sulfonamides is 1. The van der Waals surface area contributed by atoms with Crippen molar-refractivity contribution in [2.45, 2.75) is 38.3 Å². The number of rotatable bonds is 4. The van der Waals surface area contributed by atoms with Gasteiger partial charge in [-0.05, 0) is 26.0 Å². The molecule has 0 fully saturated rings. The highest BCUT2D eigenvalue weighted by Gasteiger charge is 2.38. The van der Waals surface area contributed by atoms with E-state index in [0.717, 1.165) is 5.56 Å². The first-order valence-electron chi connectivity index (χ1n) is 7.32. The highest BCUT2D eigenvalue weighted by atomic mass is 32.2. The van der Waals surface area contributed by atoms with Crippen LogP contribution in [0.5, 0.6) is 0 Å². The number of aryl methyl sites for hydroxylation is 1. The smallest absolute Gasteiger partial charge is 0.354 e. The average molecular weight is 340 g/mol. The van der Waals surface area contributed by atoms with Crippen molar-refractivity contribution in [1.29, 1.82) is 0 Å². The van der Waals surface area contributed by atoms with Gasteiger partial charge in [-0.25, -0.2) is 4.79 Å². The molecule has 2 atom stereocenters. The van der Waals surface area contributed by atoms with Crippen molar-refractivity contribution in [3.05, 3.63) is 29.8 Å². The molecule has 1 aromatic carbocycles. The van der Waals surface area contributed by atoms with Crippen LogP contribution in [0.1, 0.15) is 25.8 Å². The molecule has 0 amide bonds. The number of esters is 1. The molecule has 0 bridgehead atoms. The molecule has 126 valence electrons. The van der Waals surface area contributed by atoms with Crippen LogP contribution in [-0.2, 0) is 19.6 Å². The van der Waals surface area contributed by atoms with Gasteiger partial charge in [-0.15, -0.1) is 0 Å². The zero-order chi connectivity index (χ0) is 17.2. The molecule has 0 saturated carbocycles. The lowest BCUT2D eigenvalue weighted by atomic mass is 10.00. The van der Waals surface area contributed by atoms with Gasteiger partial charge in [0, 0.05) is 12.3 Å². The van der Waals surface area contributed by atoms with Crippen molar-refractivity contribution in [1.82, 2.24) is 4.41 Å². The number of nitrogens with zero attached hydrogens (tertiary/aromatic N) is 2. The predicted octanol–water partition coefficient (Wildman–Crippen LogP) is 1.26. The molecule has 0 radical (unpaired) electrons. The lowest BCUT2D eigenvalue weighted by Gasteiger charge is -2.31. The molecule has 1 unspecified atom stereocenters. The summed E-state index contributed by atoms with van der Waals surface area (Å²) in [6.07, 6.45) is -1.25. The summed E-state index contributed by atoms with van der Waals surface area (Å²) in [5.41, 5.74) is 0.903. The SMILES string of the molecule is CCOC(=O)C1=NN(S(=O)(=O)c2ccc(C)cc2)C(O)C[C@H]1C. The average Bonchev–Trinajstić information content (AvgIpc) is 2.47. The first kappa shape index (κ1) is 17.4. The largest absolute Gasteiger partial charge is 0.461 e. The van der Waals surface area contributed by atoms with Gasteiger partial charge < -0.3 is 9.84 Å². The van der Waals surface area contributed by atoms with E-state index in [1.54, 1.807) is 26.0 Å². The quantitative estimate of drug-likeness (QED) is 0.833. The Kier molecular flexibility index (Phi) is 5.06. The van der Waals surface area contributed by atoms with E-state index in [1.807, 2.05) is 6.92 Å². The van der Waals surface area contributed by atoms with E-state index >= 15 is 0 Å². The van der Waals surface area contributed by atoms with Crippen molar-refractivity contribution >= 4 is 21.7 Å². The monoisotopic (exact) mass is 340 g/mol. The van der Waals surface area contributed by atoms with Gasteiger partial charge in [0.2, 0.25) is 0 Å². The molecule has 8 heteroatoms. The third kappa shape index (κ3) is 3.53. The maximum atomic E-state index is 12.6. The summed E-state index contributed by atoms with van der Waals surface area (Å²) in [6, 6.07) is 6.19. The van der Waals surface area contributed by atoms with E-state index in [2.05, 4.69) is 5.10 Å². The summed E-state index contributed by atoms with van der Waals surface area (Å²) in [7, 11) is -4.04. The van der Waals surface area contributed by atoms with Crippen LogP contribution in [0.25, 0.3) is 0 Å². The fourth-order valence-corrected chi connectivity index (χ4v) is 3.57. The van der Waals surface area contributed by atoms with Gasteiger partial charge in [-0.1, -0.05) is 24.6 Å². The van der Waals surface area contributed by atoms with Crippen LogP contribution in [0.3, 0.4) is 0 Å². The second kappa shape index (κ2) is 6.67. The molecule has 0 spiro atoms. The van der Waals surface area contributed by atoms with E-state index in [9.17, 15) is 18.3 Å². The van der Waals surface area contributed by atoms with E-state index < -0.39 is 28.1 Å². The Balaban J connectivity index is 2.43. The second-order valence-corrected chi connectivity index (χ2v) is 7.21. The lowest BCUT2D eigenvalue weighted by molar-refractivity contribution is -0.135. The van der Waals surface area contributed by atoms with Gasteiger partial charge in [0.25, 0.3) is 10.0 Å². The number of aliphatic hydroxyl groups excluding tert-OH is 1. The van der Waals surface area contributed by atoms with Crippen molar-refractivity contribution < 1.29 is 23.1 Å². The Hall–Kier alpha value is -1.93. The van der Waals surface area contributed by atoms with Gasteiger partial charge in [0.15, 0.2) is 6.23 Å². The van der Waals surface area contributed by atoms with Crippen LogP contribution in [0.2, 0.25) is 0 Å².